The largest absolute Gasteiger partial charge is 0.489 e. The van der Waals surface area contributed by atoms with E-state index < -0.39 is 5.91 Å². The van der Waals surface area contributed by atoms with Crippen molar-refractivity contribution in [2.75, 3.05) is 5.32 Å². The van der Waals surface area contributed by atoms with Crippen LogP contribution in [0.3, 0.4) is 0 Å². The van der Waals surface area contributed by atoms with Gasteiger partial charge in [0.05, 0.1) is 0 Å². The Hall–Kier alpha value is -4.63. The Labute approximate surface area is 203 Å². The van der Waals surface area contributed by atoms with Crippen molar-refractivity contribution >= 4 is 17.7 Å². The first-order valence-corrected chi connectivity index (χ1v) is 11.1. The number of benzene rings is 3. The quantitative estimate of drug-likeness (QED) is 0.255. The average Bonchev–Trinajstić information content (AvgIpc) is 3.15. The van der Waals surface area contributed by atoms with E-state index in [1.807, 2.05) is 73.0 Å². The summed E-state index contributed by atoms with van der Waals surface area (Å²) in [5.41, 5.74) is 4.67. The van der Waals surface area contributed by atoms with Crippen molar-refractivity contribution in [1.29, 1.82) is 5.26 Å². The smallest absolute Gasteiger partial charge is 0.266 e. The summed E-state index contributed by atoms with van der Waals surface area (Å²) in [6.07, 6.45) is 1.60. The molecule has 3 aromatic carbocycles. The molecule has 0 bridgehead atoms. The molecule has 1 aromatic heterocycles. The Morgan fingerprint density at radius 1 is 1.03 bits per heavy atom. The second-order valence-electron chi connectivity index (χ2n) is 8.03. The van der Waals surface area contributed by atoms with Crippen LogP contribution >= 0.6 is 0 Å². The van der Waals surface area contributed by atoms with Gasteiger partial charge in [0.2, 0.25) is 0 Å². The molecule has 174 valence electrons. The Kier molecular flexibility index (Phi) is 7.08. The first-order valence-electron chi connectivity index (χ1n) is 11.1. The standard InChI is InChI=1S/C29H24FN3O2/c1-20-16-23(17-24(18-31)29(34)32-25-9-4-3-5-10-25)21(2)33(20)26-12-14-27(15-13-26)35-19-22-8-6-7-11-28(22)30/h3-17H,19H2,1-2H3,(H,32,34)/b24-17-. The van der Waals surface area contributed by atoms with E-state index in [4.69, 9.17) is 4.74 Å². The highest BCUT2D eigenvalue weighted by atomic mass is 19.1. The molecule has 0 atom stereocenters. The molecule has 0 aliphatic heterocycles. The van der Waals surface area contributed by atoms with Crippen molar-refractivity contribution in [3.8, 4) is 17.5 Å². The number of rotatable bonds is 7. The van der Waals surface area contributed by atoms with Gasteiger partial charge >= 0.3 is 0 Å². The van der Waals surface area contributed by atoms with Gasteiger partial charge in [0.15, 0.2) is 0 Å². The van der Waals surface area contributed by atoms with Crippen LogP contribution in [-0.2, 0) is 11.4 Å². The van der Waals surface area contributed by atoms with Gasteiger partial charge in [-0.15, -0.1) is 0 Å². The van der Waals surface area contributed by atoms with E-state index in [2.05, 4.69) is 5.32 Å². The van der Waals surface area contributed by atoms with E-state index in [1.165, 1.54) is 6.07 Å². The molecule has 1 N–H and O–H groups in total. The third-order valence-corrected chi connectivity index (χ3v) is 5.61. The fraction of sp³-hybridized carbons (Fsp3) is 0.103. The van der Waals surface area contributed by atoms with Gasteiger partial charge in [-0.3, -0.25) is 4.79 Å². The lowest BCUT2D eigenvalue weighted by Crippen LogP contribution is -2.13. The van der Waals surface area contributed by atoms with Crippen LogP contribution in [0.15, 0.2) is 90.5 Å². The minimum absolute atomic E-state index is 0.0194. The maximum Gasteiger partial charge on any atom is 0.266 e. The van der Waals surface area contributed by atoms with Gasteiger partial charge < -0.3 is 14.6 Å². The van der Waals surface area contributed by atoms with Gasteiger partial charge in [0.25, 0.3) is 5.91 Å². The molecule has 0 spiro atoms. The second-order valence-corrected chi connectivity index (χ2v) is 8.03. The first kappa shape index (κ1) is 23.5. The second kappa shape index (κ2) is 10.5. The molecule has 5 nitrogen and oxygen atoms in total. The minimum Gasteiger partial charge on any atom is -0.489 e. The normalized spacial score (nSPS) is 11.1. The zero-order valence-corrected chi connectivity index (χ0v) is 19.5. The monoisotopic (exact) mass is 465 g/mol. The molecule has 0 aliphatic rings. The number of amides is 1. The lowest BCUT2D eigenvalue weighted by atomic mass is 10.1. The molecule has 0 unspecified atom stereocenters. The van der Waals surface area contributed by atoms with Gasteiger partial charge in [-0.25, -0.2) is 4.39 Å². The molecule has 0 fully saturated rings. The number of hydrogen-bond donors (Lipinski definition) is 1. The molecule has 0 saturated heterocycles. The Morgan fingerprint density at radius 3 is 2.40 bits per heavy atom. The number of aromatic nitrogens is 1. The van der Waals surface area contributed by atoms with Crippen molar-refractivity contribution in [2.24, 2.45) is 0 Å². The van der Waals surface area contributed by atoms with Crippen LogP contribution < -0.4 is 10.1 Å². The molecule has 0 saturated carbocycles. The molecular weight excluding hydrogens is 441 g/mol. The fourth-order valence-electron chi connectivity index (χ4n) is 3.82. The van der Waals surface area contributed by atoms with Crippen molar-refractivity contribution in [1.82, 2.24) is 4.57 Å². The number of anilines is 1. The highest BCUT2D eigenvalue weighted by molar-refractivity contribution is 6.09. The number of hydrogen-bond acceptors (Lipinski definition) is 3. The molecule has 1 amide bonds. The maximum absolute atomic E-state index is 13.8. The van der Waals surface area contributed by atoms with E-state index in [-0.39, 0.29) is 18.0 Å². The molecule has 4 rings (SSSR count). The molecule has 35 heavy (non-hydrogen) atoms. The topological polar surface area (TPSA) is 67.0 Å². The fourth-order valence-corrected chi connectivity index (χ4v) is 3.82. The summed E-state index contributed by atoms with van der Waals surface area (Å²) in [6.45, 7) is 4.04. The van der Waals surface area contributed by atoms with Crippen molar-refractivity contribution in [2.45, 2.75) is 20.5 Å². The molecular formula is C29H24FN3O2. The molecule has 6 heteroatoms. The zero-order valence-electron chi connectivity index (χ0n) is 19.5. The molecule has 1 heterocycles. The lowest BCUT2D eigenvalue weighted by molar-refractivity contribution is -0.112. The minimum atomic E-state index is -0.458. The van der Waals surface area contributed by atoms with E-state index in [1.54, 1.807) is 36.4 Å². The van der Waals surface area contributed by atoms with Crippen LogP contribution in [0.1, 0.15) is 22.5 Å². The number of aryl methyl sites for hydroxylation is 1. The van der Waals surface area contributed by atoms with Gasteiger partial charge in [0, 0.05) is 28.3 Å². The summed E-state index contributed by atoms with van der Waals surface area (Å²) >= 11 is 0. The van der Waals surface area contributed by atoms with Crippen LogP contribution in [0.25, 0.3) is 11.8 Å². The number of ether oxygens (including phenoxy) is 1. The van der Waals surface area contributed by atoms with Crippen LogP contribution in [0, 0.1) is 31.0 Å². The Balaban J connectivity index is 1.52. The summed E-state index contributed by atoms with van der Waals surface area (Å²) in [5, 5.41) is 12.3. The SMILES string of the molecule is Cc1cc(/C=C(/C#N)C(=O)Nc2ccccc2)c(C)n1-c1ccc(OCc2ccccc2F)cc1. The van der Waals surface area contributed by atoms with Crippen molar-refractivity contribution in [3.05, 3.63) is 119 Å². The highest BCUT2D eigenvalue weighted by Gasteiger charge is 2.14. The third kappa shape index (κ3) is 5.48. The van der Waals surface area contributed by atoms with Crippen molar-refractivity contribution < 1.29 is 13.9 Å². The number of nitrogens with zero attached hydrogens (tertiary/aromatic N) is 2. The number of halogens is 1. The van der Waals surface area contributed by atoms with Gasteiger partial charge in [-0.05, 0) is 74.0 Å². The number of carbonyl (C=O) groups excluding carboxylic acids is 1. The lowest BCUT2D eigenvalue weighted by Gasteiger charge is -2.12. The number of para-hydroxylation sites is 1. The van der Waals surface area contributed by atoms with Crippen molar-refractivity contribution in [3.63, 3.8) is 0 Å². The highest BCUT2D eigenvalue weighted by Crippen LogP contribution is 2.25. The summed E-state index contributed by atoms with van der Waals surface area (Å²) in [7, 11) is 0. The van der Waals surface area contributed by atoms with E-state index in [9.17, 15) is 14.4 Å². The number of carbonyl (C=O) groups is 1. The van der Waals surface area contributed by atoms with Crippen LogP contribution in [0.5, 0.6) is 5.75 Å². The van der Waals surface area contributed by atoms with Gasteiger partial charge in [-0.1, -0.05) is 36.4 Å². The summed E-state index contributed by atoms with van der Waals surface area (Å²) < 4.78 is 21.6. The molecule has 0 aliphatic carbocycles. The van der Waals surface area contributed by atoms with E-state index >= 15 is 0 Å². The predicted molar refractivity (Wildman–Crippen MR) is 135 cm³/mol. The number of nitrogens with one attached hydrogen (secondary N) is 1. The summed E-state index contributed by atoms with van der Waals surface area (Å²) in [6, 6.07) is 27.0. The van der Waals surface area contributed by atoms with Gasteiger partial charge in [0.1, 0.15) is 29.8 Å². The summed E-state index contributed by atoms with van der Waals surface area (Å²) in [4.78, 5) is 12.6. The maximum atomic E-state index is 13.8. The molecule has 4 aromatic rings. The molecule has 0 radical (unpaired) electrons. The van der Waals surface area contributed by atoms with E-state index in [0.29, 0.717) is 17.0 Å². The predicted octanol–water partition coefficient (Wildman–Crippen LogP) is 6.36. The van der Waals surface area contributed by atoms with Crippen LogP contribution in [-0.4, -0.2) is 10.5 Å². The average molecular weight is 466 g/mol. The van der Waals surface area contributed by atoms with Crippen LogP contribution in [0.4, 0.5) is 10.1 Å². The zero-order chi connectivity index (χ0) is 24.8. The first-order chi connectivity index (χ1) is 17.0. The Morgan fingerprint density at radius 2 is 1.71 bits per heavy atom. The number of nitriles is 1. The van der Waals surface area contributed by atoms with Crippen LogP contribution in [0.2, 0.25) is 0 Å². The summed E-state index contributed by atoms with van der Waals surface area (Å²) in [5.74, 6) is -0.124. The Bertz CT molecular complexity index is 1410. The van der Waals surface area contributed by atoms with E-state index in [0.717, 1.165) is 22.6 Å². The third-order valence-electron chi connectivity index (χ3n) is 5.61. The van der Waals surface area contributed by atoms with Gasteiger partial charge in [-0.2, -0.15) is 5.26 Å².